The second kappa shape index (κ2) is 4.86. The van der Waals surface area contributed by atoms with Gasteiger partial charge in [-0.25, -0.2) is 9.88 Å². The Labute approximate surface area is 136 Å². The fourth-order valence-corrected chi connectivity index (χ4v) is 2.97. The number of aryl methyl sites for hydroxylation is 2. The van der Waals surface area contributed by atoms with Crippen molar-refractivity contribution in [1.82, 2.24) is 9.97 Å². The molecule has 3 aromatic rings. The fourth-order valence-electron chi connectivity index (χ4n) is 2.97. The molecule has 2 amide bonds. The largest absolute Gasteiger partial charge is 0.319 e. The smallest absolute Gasteiger partial charge is 0.269 e. The molecule has 0 unspecified atom stereocenters. The molecule has 4 rings (SSSR count). The SMILES string of the molecule is Cc1cc2[nH]c(=O)c(C)nc2cc1N1C(=O)c2ccccc2C1=O. The van der Waals surface area contributed by atoms with E-state index >= 15 is 0 Å². The van der Waals surface area contributed by atoms with Gasteiger partial charge < -0.3 is 4.98 Å². The normalized spacial score (nSPS) is 13.7. The molecule has 24 heavy (non-hydrogen) atoms. The summed E-state index contributed by atoms with van der Waals surface area (Å²) in [5.41, 5.74) is 3.16. The molecular formula is C18H13N3O3. The van der Waals surface area contributed by atoms with Crippen LogP contribution in [0.3, 0.4) is 0 Å². The summed E-state index contributed by atoms with van der Waals surface area (Å²) in [6.07, 6.45) is 0. The highest BCUT2D eigenvalue weighted by Crippen LogP contribution is 2.32. The molecule has 118 valence electrons. The Morgan fingerprint density at radius 1 is 0.958 bits per heavy atom. The first-order valence-electron chi connectivity index (χ1n) is 7.46. The number of imide groups is 1. The number of carbonyl (C=O) groups excluding carboxylic acids is 2. The van der Waals surface area contributed by atoms with E-state index in [2.05, 4.69) is 9.97 Å². The van der Waals surface area contributed by atoms with E-state index in [9.17, 15) is 14.4 Å². The topological polar surface area (TPSA) is 83.1 Å². The van der Waals surface area contributed by atoms with Gasteiger partial charge in [0.05, 0.1) is 27.8 Å². The molecule has 1 aliphatic rings. The molecule has 0 bridgehead atoms. The van der Waals surface area contributed by atoms with E-state index in [0.717, 1.165) is 0 Å². The third-order valence-electron chi connectivity index (χ3n) is 4.21. The van der Waals surface area contributed by atoms with Crippen molar-refractivity contribution in [2.24, 2.45) is 0 Å². The predicted octanol–water partition coefficient (Wildman–Crippen LogP) is 2.34. The summed E-state index contributed by atoms with van der Waals surface area (Å²) in [5, 5.41) is 0. The monoisotopic (exact) mass is 319 g/mol. The van der Waals surface area contributed by atoms with Crippen LogP contribution in [0.2, 0.25) is 0 Å². The lowest BCUT2D eigenvalue weighted by Crippen LogP contribution is -2.30. The van der Waals surface area contributed by atoms with Crippen LogP contribution in [-0.4, -0.2) is 21.8 Å². The van der Waals surface area contributed by atoms with Crippen molar-refractivity contribution in [2.45, 2.75) is 13.8 Å². The van der Waals surface area contributed by atoms with Crippen LogP contribution in [-0.2, 0) is 0 Å². The van der Waals surface area contributed by atoms with Crippen LogP contribution in [0.5, 0.6) is 0 Å². The Morgan fingerprint density at radius 2 is 1.58 bits per heavy atom. The molecule has 6 heteroatoms. The van der Waals surface area contributed by atoms with Crippen LogP contribution in [0.15, 0.2) is 41.2 Å². The Bertz CT molecular complexity index is 1060. The van der Waals surface area contributed by atoms with Crippen LogP contribution < -0.4 is 10.5 Å². The number of aromatic amines is 1. The number of benzene rings is 2. The lowest BCUT2D eigenvalue weighted by molar-refractivity contribution is 0.0926. The highest BCUT2D eigenvalue weighted by Gasteiger charge is 2.37. The highest BCUT2D eigenvalue weighted by molar-refractivity contribution is 6.34. The van der Waals surface area contributed by atoms with Crippen molar-refractivity contribution in [1.29, 1.82) is 0 Å². The molecule has 2 heterocycles. The van der Waals surface area contributed by atoms with Gasteiger partial charge in [-0.15, -0.1) is 0 Å². The maximum Gasteiger partial charge on any atom is 0.269 e. The summed E-state index contributed by atoms with van der Waals surface area (Å²) in [5.74, 6) is -0.696. The average Bonchev–Trinajstić information content (AvgIpc) is 2.81. The van der Waals surface area contributed by atoms with E-state index in [1.165, 1.54) is 4.90 Å². The molecule has 0 aliphatic carbocycles. The van der Waals surface area contributed by atoms with Crippen LogP contribution in [0.25, 0.3) is 11.0 Å². The molecule has 0 radical (unpaired) electrons. The Balaban J connectivity index is 1.93. The third kappa shape index (κ3) is 1.89. The average molecular weight is 319 g/mol. The van der Waals surface area contributed by atoms with Gasteiger partial charge in [-0.3, -0.25) is 14.4 Å². The number of anilines is 1. The first-order valence-corrected chi connectivity index (χ1v) is 7.46. The number of rotatable bonds is 1. The van der Waals surface area contributed by atoms with E-state index in [4.69, 9.17) is 0 Å². The molecule has 1 N–H and O–H groups in total. The molecule has 0 spiro atoms. The van der Waals surface area contributed by atoms with Gasteiger partial charge in [0, 0.05) is 0 Å². The number of fused-ring (bicyclic) bond motifs is 2. The molecule has 0 fully saturated rings. The minimum absolute atomic E-state index is 0.254. The van der Waals surface area contributed by atoms with Crippen molar-refractivity contribution in [2.75, 3.05) is 4.90 Å². The van der Waals surface area contributed by atoms with Crippen LogP contribution in [0.1, 0.15) is 32.0 Å². The molecule has 1 aliphatic heterocycles. The lowest BCUT2D eigenvalue weighted by Gasteiger charge is -2.17. The number of hydrogen-bond acceptors (Lipinski definition) is 4. The van der Waals surface area contributed by atoms with Gasteiger partial charge in [0.25, 0.3) is 17.4 Å². The minimum Gasteiger partial charge on any atom is -0.319 e. The number of nitrogens with one attached hydrogen (secondary N) is 1. The number of amides is 2. The minimum atomic E-state index is -0.348. The van der Waals surface area contributed by atoms with Crippen LogP contribution >= 0.6 is 0 Å². The second-order valence-electron chi connectivity index (χ2n) is 5.80. The van der Waals surface area contributed by atoms with Crippen molar-refractivity contribution in [3.8, 4) is 0 Å². The van der Waals surface area contributed by atoms with Gasteiger partial charge in [-0.1, -0.05) is 12.1 Å². The van der Waals surface area contributed by atoms with E-state index in [0.29, 0.717) is 39.1 Å². The zero-order valence-corrected chi connectivity index (χ0v) is 13.1. The van der Waals surface area contributed by atoms with Crippen molar-refractivity contribution in [3.63, 3.8) is 0 Å². The van der Waals surface area contributed by atoms with E-state index in [-0.39, 0.29) is 17.4 Å². The molecule has 0 atom stereocenters. The fraction of sp³-hybridized carbons (Fsp3) is 0.111. The molecule has 6 nitrogen and oxygen atoms in total. The van der Waals surface area contributed by atoms with Crippen molar-refractivity contribution >= 4 is 28.5 Å². The van der Waals surface area contributed by atoms with Gasteiger partial charge in [-0.2, -0.15) is 0 Å². The molecular weight excluding hydrogens is 306 g/mol. The summed E-state index contributed by atoms with van der Waals surface area (Å²) in [4.78, 5) is 45.2. The number of hydrogen-bond donors (Lipinski definition) is 1. The quantitative estimate of drug-likeness (QED) is 0.698. The van der Waals surface area contributed by atoms with E-state index in [1.807, 2.05) is 0 Å². The van der Waals surface area contributed by atoms with Gasteiger partial charge >= 0.3 is 0 Å². The maximum atomic E-state index is 12.6. The highest BCUT2D eigenvalue weighted by atomic mass is 16.2. The Hall–Kier alpha value is -3.28. The number of carbonyl (C=O) groups is 2. The van der Waals surface area contributed by atoms with Gasteiger partial charge in [0.15, 0.2) is 0 Å². The molecule has 0 saturated heterocycles. The number of H-pyrrole nitrogens is 1. The van der Waals surface area contributed by atoms with Gasteiger partial charge in [0.1, 0.15) is 5.69 Å². The summed E-state index contributed by atoms with van der Waals surface area (Å²) in [6, 6.07) is 10.1. The number of aromatic nitrogens is 2. The maximum absolute atomic E-state index is 12.6. The Morgan fingerprint density at radius 3 is 2.21 bits per heavy atom. The van der Waals surface area contributed by atoms with E-state index < -0.39 is 0 Å². The standard InChI is InChI=1S/C18H13N3O3/c1-9-7-13-14(19-10(2)16(22)20-13)8-15(9)21-17(23)11-5-3-4-6-12(11)18(21)24/h3-8H,1-2H3,(H,20,22). The first-order chi connectivity index (χ1) is 11.5. The van der Waals surface area contributed by atoms with Gasteiger partial charge in [-0.05, 0) is 43.7 Å². The van der Waals surface area contributed by atoms with E-state index in [1.54, 1.807) is 50.2 Å². The summed E-state index contributed by atoms with van der Waals surface area (Å²) in [7, 11) is 0. The zero-order valence-electron chi connectivity index (χ0n) is 13.1. The second-order valence-corrected chi connectivity index (χ2v) is 5.80. The van der Waals surface area contributed by atoms with Crippen LogP contribution in [0.4, 0.5) is 5.69 Å². The molecule has 2 aromatic carbocycles. The van der Waals surface area contributed by atoms with Crippen LogP contribution in [0, 0.1) is 13.8 Å². The zero-order chi connectivity index (χ0) is 17.0. The van der Waals surface area contributed by atoms with Crippen molar-refractivity contribution in [3.05, 3.63) is 69.1 Å². The summed E-state index contributed by atoms with van der Waals surface area (Å²) in [6.45, 7) is 3.40. The predicted molar refractivity (Wildman–Crippen MR) is 89.4 cm³/mol. The Kier molecular flexibility index (Phi) is 2.90. The van der Waals surface area contributed by atoms with Crippen molar-refractivity contribution < 1.29 is 9.59 Å². The third-order valence-corrected chi connectivity index (χ3v) is 4.21. The number of nitrogens with zero attached hydrogens (tertiary/aromatic N) is 2. The molecule has 0 saturated carbocycles. The van der Waals surface area contributed by atoms with Gasteiger partial charge in [0.2, 0.25) is 0 Å². The lowest BCUT2D eigenvalue weighted by atomic mass is 10.1. The summed E-state index contributed by atoms with van der Waals surface area (Å²) >= 11 is 0. The first kappa shape index (κ1) is 14.3. The summed E-state index contributed by atoms with van der Waals surface area (Å²) < 4.78 is 0. The molecule has 1 aromatic heterocycles.